The highest BCUT2D eigenvalue weighted by Crippen LogP contribution is 1.97. The van der Waals surface area contributed by atoms with Crippen LogP contribution in [-0.2, 0) is 0 Å². The second kappa shape index (κ2) is 4.01. The molecule has 0 rings (SSSR count). The zero-order valence-corrected chi connectivity index (χ0v) is 5.68. The third-order valence-corrected chi connectivity index (χ3v) is 0.924. The summed E-state index contributed by atoms with van der Waals surface area (Å²) in [5.74, 6) is 7.15. The molecule has 0 bridgehead atoms. The lowest BCUT2D eigenvalue weighted by molar-refractivity contribution is 0.181. The van der Waals surface area contributed by atoms with Crippen LogP contribution in [0.1, 0.15) is 13.8 Å². The maximum absolute atomic E-state index is 8.99. The van der Waals surface area contributed by atoms with Crippen molar-refractivity contribution in [2.75, 3.05) is 0 Å². The minimum Gasteiger partial charge on any atom is -0.380 e. The monoisotopic (exact) mass is 122 g/mol. The first-order valence-corrected chi connectivity index (χ1v) is 2.82. The Morgan fingerprint density at radius 3 is 2.33 bits per heavy atom. The Labute approximate surface area is 56.1 Å². The molecule has 1 heteroatoms. The number of rotatable bonds is 1. The van der Waals surface area contributed by atoms with Crippen molar-refractivity contribution in [1.29, 1.82) is 0 Å². The first kappa shape index (κ1) is 8.08. The molecule has 0 amide bonds. The zero-order valence-electron chi connectivity index (χ0n) is 5.68. The van der Waals surface area contributed by atoms with Gasteiger partial charge in [-0.15, -0.1) is 6.42 Å². The highest BCUT2D eigenvalue weighted by molar-refractivity contribution is 5.23. The molecule has 0 aromatic rings. The van der Waals surface area contributed by atoms with Crippen molar-refractivity contribution in [3.63, 3.8) is 0 Å². The molecule has 48 valence electrons. The van der Waals surface area contributed by atoms with Gasteiger partial charge in [-0.2, -0.15) is 0 Å². The van der Waals surface area contributed by atoms with E-state index in [-0.39, 0.29) is 5.92 Å². The van der Waals surface area contributed by atoms with Crippen LogP contribution in [0.15, 0.2) is 0 Å². The number of hydrogen-bond acceptors (Lipinski definition) is 1. The molecule has 0 aliphatic heterocycles. The lowest BCUT2D eigenvalue weighted by Gasteiger charge is -2.04. The lowest BCUT2D eigenvalue weighted by Crippen LogP contribution is -2.10. The topological polar surface area (TPSA) is 20.2 Å². The van der Waals surface area contributed by atoms with Gasteiger partial charge in [-0.1, -0.05) is 19.8 Å². The summed E-state index contributed by atoms with van der Waals surface area (Å²) in [4.78, 5) is 0. The normalized spacial score (nSPS) is 11.4. The molecular weight excluding hydrogens is 112 g/mol. The standard InChI is InChI=1S/C8H10O/c1-4-5-6-8(9)7(2)3/h1,7-9H,2-3H3. The molecule has 0 saturated heterocycles. The molecule has 0 aliphatic carbocycles. The van der Waals surface area contributed by atoms with Crippen LogP contribution >= 0.6 is 0 Å². The van der Waals surface area contributed by atoms with Crippen molar-refractivity contribution >= 4 is 0 Å². The predicted octanol–water partition coefficient (Wildman–Crippen LogP) is 0.640. The molecule has 0 saturated carbocycles. The molecule has 0 aromatic carbocycles. The molecule has 9 heavy (non-hydrogen) atoms. The van der Waals surface area contributed by atoms with Crippen molar-refractivity contribution in [1.82, 2.24) is 0 Å². The van der Waals surface area contributed by atoms with Gasteiger partial charge < -0.3 is 5.11 Å². The fraction of sp³-hybridized carbons (Fsp3) is 0.500. The molecule has 1 nitrogen and oxygen atoms in total. The van der Waals surface area contributed by atoms with Gasteiger partial charge in [0.25, 0.3) is 0 Å². The number of aliphatic hydroxyl groups excluding tert-OH is 1. The second-order valence-corrected chi connectivity index (χ2v) is 2.10. The summed E-state index contributed by atoms with van der Waals surface area (Å²) >= 11 is 0. The van der Waals surface area contributed by atoms with Crippen LogP contribution < -0.4 is 0 Å². The van der Waals surface area contributed by atoms with Gasteiger partial charge in [0.2, 0.25) is 0 Å². The summed E-state index contributed by atoms with van der Waals surface area (Å²) in [6, 6.07) is 0. The quantitative estimate of drug-likeness (QED) is 0.506. The fourth-order valence-electron chi connectivity index (χ4n) is 0.282. The van der Waals surface area contributed by atoms with Crippen LogP contribution in [0.4, 0.5) is 0 Å². The van der Waals surface area contributed by atoms with E-state index in [1.807, 2.05) is 13.8 Å². The maximum Gasteiger partial charge on any atom is 0.118 e. The summed E-state index contributed by atoms with van der Waals surface area (Å²) in [6.07, 6.45) is 4.26. The predicted molar refractivity (Wildman–Crippen MR) is 37.5 cm³/mol. The number of hydrogen-bond donors (Lipinski definition) is 1. The molecule has 1 unspecified atom stereocenters. The average molecular weight is 122 g/mol. The summed E-state index contributed by atoms with van der Waals surface area (Å²) in [5.41, 5.74) is 0. The van der Waals surface area contributed by atoms with Crippen molar-refractivity contribution < 1.29 is 5.11 Å². The van der Waals surface area contributed by atoms with E-state index in [0.29, 0.717) is 0 Å². The van der Waals surface area contributed by atoms with Crippen LogP contribution in [0.2, 0.25) is 0 Å². The second-order valence-electron chi connectivity index (χ2n) is 2.10. The summed E-state index contributed by atoms with van der Waals surface area (Å²) in [7, 11) is 0. The summed E-state index contributed by atoms with van der Waals surface area (Å²) < 4.78 is 0. The molecule has 0 aromatic heterocycles. The Hall–Kier alpha value is -0.920. The van der Waals surface area contributed by atoms with Crippen LogP contribution in [0, 0.1) is 30.1 Å². The van der Waals surface area contributed by atoms with Gasteiger partial charge in [0, 0.05) is 0 Å². The smallest absolute Gasteiger partial charge is 0.118 e. The first-order chi connectivity index (χ1) is 4.18. The molecule has 0 fully saturated rings. The lowest BCUT2D eigenvalue weighted by atomic mass is 10.1. The van der Waals surface area contributed by atoms with Crippen LogP contribution in [-0.4, -0.2) is 11.2 Å². The SMILES string of the molecule is C#CC#CC(O)C(C)C. The van der Waals surface area contributed by atoms with Gasteiger partial charge in [-0.25, -0.2) is 0 Å². The number of aliphatic hydroxyl groups is 1. The summed E-state index contributed by atoms with van der Waals surface area (Å²) in [6.45, 7) is 3.77. The van der Waals surface area contributed by atoms with E-state index < -0.39 is 6.10 Å². The van der Waals surface area contributed by atoms with Crippen molar-refractivity contribution in [3.05, 3.63) is 0 Å². The summed E-state index contributed by atoms with van der Waals surface area (Å²) in [5, 5.41) is 8.99. The van der Waals surface area contributed by atoms with Gasteiger partial charge in [-0.3, -0.25) is 0 Å². The Bertz CT molecular complexity index is 163. The van der Waals surface area contributed by atoms with Crippen molar-refractivity contribution in [3.8, 4) is 24.2 Å². The molecule has 1 N–H and O–H groups in total. The third kappa shape index (κ3) is 3.64. The van der Waals surface area contributed by atoms with Gasteiger partial charge in [0.05, 0.1) is 0 Å². The fourth-order valence-corrected chi connectivity index (χ4v) is 0.282. The van der Waals surface area contributed by atoms with E-state index in [9.17, 15) is 0 Å². The van der Waals surface area contributed by atoms with E-state index in [1.165, 1.54) is 0 Å². The van der Waals surface area contributed by atoms with E-state index in [4.69, 9.17) is 11.5 Å². The third-order valence-electron chi connectivity index (χ3n) is 0.924. The minimum atomic E-state index is -0.582. The minimum absolute atomic E-state index is 0.158. The van der Waals surface area contributed by atoms with Crippen LogP contribution in [0.3, 0.4) is 0 Å². The Morgan fingerprint density at radius 2 is 2.00 bits per heavy atom. The van der Waals surface area contributed by atoms with E-state index in [2.05, 4.69) is 17.8 Å². The van der Waals surface area contributed by atoms with E-state index >= 15 is 0 Å². The van der Waals surface area contributed by atoms with E-state index in [1.54, 1.807) is 0 Å². The highest BCUT2D eigenvalue weighted by Gasteiger charge is 2.02. The Morgan fingerprint density at radius 1 is 1.44 bits per heavy atom. The van der Waals surface area contributed by atoms with Crippen molar-refractivity contribution in [2.24, 2.45) is 5.92 Å². The van der Waals surface area contributed by atoms with E-state index in [0.717, 1.165) is 0 Å². The molecule has 0 aliphatic rings. The highest BCUT2D eigenvalue weighted by atomic mass is 16.3. The van der Waals surface area contributed by atoms with Gasteiger partial charge in [-0.05, 0) is 17.8 Å². The number of terminal acetylenes is 1. The average Bonchev–Trinajstić information content (AvgIpc) is 1.82. The van der Waals surface area contributed by atoms with Crippen LogP contribution in [0.25, 0.3) is 0 Å². The molecule has 1 atom stereocenters. The van der Waals surface area contributed by atoms with Crippen LogP contribution in [0.5, 0.6) is 0 Å². The van der Waals surface area contributed by atoms with Crippen molar-refractivity contribution in [2.45, 2.75) is 20.0 Å². The molecular formula is C8H10O. The largest absolute Gasteiger partial charge is 0.380 e. The Kier molecular flexibility index (Phi) is 3.60. The van der Waals surface area contributed by atoms with Gasteiger partial charge in [0.1, 0.15) is 6.10 Å². The Balaban J connectivity index is 3.79. The molecule has 0 radical (unpaired) electrons. The first-order valence-electron chi connectivity index (χ1n) is 2.82. The van der Waals surface area contributed by atoms with Gasteiger partial charge >= 0.3 is 0 Å². The molecule has 0 heterocycles. The zero-order chi connectivity index (χ0) is 7.28. The van der Waals surface area contributed by atoms with Gasteiger partial charge in [0.15, 0.2) is 0 Å². The molecule has 0 spiro atoms. The maximum atomic E-state index is 8.99.